The van der Waals surface area contributed by atoms with Gasteiger partial charge >= 0.3 is 6.03 Å². The second-order valence-corrected chi connectivity index (χ2v) is 5.87. The molecule has 24 heavy (non-hydrogen) atoms. The maximum atomic E-state index is 12.2. The molecule has 0 spiro atoms. The van der Waals surface area contributed by atoms with E-state index in [1.165, 1.54) is 5.56 Å². The molecule has 0 bridgehead atoms. The van der Waals surface area contributed by atoms with E-state index in [1.807, 2.05) is 67.5 Å². The van der Waals surface area contributed by atoms with Gasteiger partial charge in [-0.3, -0.25) is 0 Å². The Bertz CT molecular complexity index is 651. The lowest BCUT2D eigenvalue weighted by Crippen LogP contribution is -2.34. The monoisotopic (exact) mass is 327 g/mol. The number of aliphatic hydroxyl groups is 1. The van der Waals surface area contributed by atoms with Crippen molar-refractivity contribution in [1.82, 2.24) is 5.32 Å². The number of nitrogens with one attached hydrogen (secondary N) is 2. The predicted molar refractivity (Wildman–Crippen MR) is 98.6 cm³/mol. The maximum absolute atomic E-state index is 12.2. The van der Waals surface area contributed by atoms with Gasteiger partial charge < -0.3 is 20.6 Å². The fourth-order valence-electron chi connectivity index (χ4n) is 2.39. The molecule has 0 aliphatic carbocycles. The van der Waals surface area contributed by atoms with Crippen LogP contribution >= 0.6 is 0 Å². The molecule has 3 N–H and O–H groups in total. The van der Waals surface area contributed by atoms with Crippen molar-refractivity contribution in [3.8, 4) is 0 Å². The van der Waals surface area contributed by atoms with Crippen molar-refractivity contribution in [3.05, 3.63) is 59.7 Å². The summed E-state index contributed by atoms with van der Waals surface area (Å²) in [6.45, 7) is 1.93. The average molecular weight is 327 g/mol. The van der Waals surface area contributed by atoms with Gasteiger partial charge in [0.25, 0.3) is 0 Å². The number of carbonyl (C=O) groups excluding carboxylic acids is 1. The fourth-order valence-corrected chi connectivity index (χ4v) is 2.39. The van der Waals surface area contributed by atoms with Crippen LogP contribution in [0.3, 0.4) is 0 Å². The van der Waals surface area contributed by atoms with Gasteiger partial charge in [-0.1, -0.05) is 31.2 Å². The molecule has 0 saturated carbocycles. The lowest BCUT2D eigenvalue weighted by atomic mass is 10.0. The van der Waals surface area contributed by atoms with Crippen molar-refractivity contribution in [2.24, 2.45) is 0 Å². The lowest BCUT2D eigenvalue weighted by molar-refractivity contribution is 0.225. The molecule has 0 heterocycles. The van der Waals surface area contributed by atoms with Crippen LogP contribution in [0, 0.1) is 0 Å². The maximum Gasteiger partial charge on any atom is 0.319 e. The first kappa shape index (κ1) is 17.8. The number of rotatable bonds is 6. The van der Waals surface area contributed by atoms with Gasteiger partial charge in [0.05, 0.1) is 12.6 Å². The molecule has 0 aliphatic rings. The molecule has 5 heteroatoms. The summed E-state index contributed by atoms with van der Waals surface area (Å²) in [5, 5.41) is 15.2. The average Bonchev–Trinajstić information content (AvgIpc) is 2.60. The number of benzene rings is 2. The number of hydrogen-bond acceptors (Lipinski definition) is 3. The molecular formula is C19H25N3O2. The second-order valence-electron chi connectivity index (χ2n) is 5.87. The Labute approximate surface area is 143 Å². The molecule has 2 aromatic rings. The van der Waals surface area contributed by atoms with Gasteiger partial charge in [-0.15, -0.1) is 0 Å². The van der Waals surface area contributed by atoms with Gasteiger partial charge in [0.15, 0.2) is 0 Å². The van der Waals surface area contributed by atoms with Crippen molar-refractivity contribution in [3.63, 3.8) is 0 Å². The molecule has 0 aliphatic heterocycles. The Morgan fingerprint density at radius 3 is 2.21 bits per heavy atom. The number of urea groups is 1. The third kappa shape index (κ3) is 4.73. The number of anilines is 2. The van der Waals surface area contributed by atoms with Crippen LogP contribution in [0.15, 0.2) is 48.5 Å². The Morgan fingerprint density at radius 1 is 1.08 bits per heavy atom. The van der Waals surface area contributed by atoms with Crippen molar-refractivity contribution < 1.29 is 9.90 Å². The van der Waals surface area contributed by atoms with Crippen LogP contribution in [-0.4, -0.2) is 31.8 Å². The van der Waals surface area contributed by atoms with Crippen LogP contribution in [0.4, 0.5) is 16.2 Å². The number of nitrogens with zero attached hydrogens (tertiary/aromatic N) is 1. The van der Waals surface area contributed by atoms with Crippen LogP contribution in [0.25, 0.3) is 0 Å². The van der Waals surface area contributed by atoms with E-state index in [0.717, 1.165) is 17.7 Å². The van der Waals surface area contributed by atoms with E-state index in [-0.39, 0.29) is 12.6 Å². The molecule has 0 fully saturated rings. The highest BCUT2D eigenvalue weighted by Crippen LogP contribution is 2.17. The normalized spacial score (nSPS) is 11.7. The number of hydrogen-bond donors (Lipinski definition) is 3. The van der Waals surface area contributed by atoms with Gasteiger partial charge in [0.1, 0.15) is 0 Å². The van der Waals surface area contributed by atoms with E-state index < -0.39 is 6.04 Å². The van der Waals surface area contributed by atoms with Crippen molar-refractivity contribution in [2.45, 2.75) is 19.4 Å². The van der Waals surface area contributed by atoms with Crippen LogP contribution in [0.1, 0.15) is 24.1 Å². The van der Waals surface area contributed by atoms with E-state index >= 15 is 0 Å². The molecule has 128 valence electrons. The van der Waals surface area contributed by atoms with Crippen LogP contribution in [-0.2, 0) is 6.42 Å². The summed E-state index contributed by atoms with van der Waals surface area (Å²) in [4.78, 5) is 14.1. The number of aryl methyl sites for hydroxylation is 1. The van der Waals surface area contributed by atoms with Crippen LogP contribution < -0.4 is 15.5 Å². The van der Waals surface area contributed by atoms with Gasteiger partial charge in [-0.25, -0.2) is 4.79 Å². The van der Waals surface area contributed by atoms with E-state index in [0.29, 0.717) is 5.69 Å². The Kier molecular flexibility index (Phi) is 6.21. The zero-order chi connectivity index (χ0) is 17.5. The summed E-state index contributed by atoms with van der Waals surface area (Å²) >= 11 is 0. The molecule has 0 aromatic heterocycles. The second kappa shape index (κ2) is 8.36. The minimum absolute atomic E-state index is 0.154. The summed E-state index contributed by atoms with van der Waals surface area (Å²) in [5.74, 6) is 0. The largest absolute Gasteiger partial charge is 0.394 e. The number of aliphatic hydroxyl groups excluding tert-OH is 1. The molecule has 0 radical (unpaired) electrons. The third-order valence-corrected chi connectivity index (χ3v) is 3.92. The van der Waals surface area contributed by atoms with Crippen molar-refractivity contribution in [2.75, 3.05) is 30.9 Å². The number of carbonyl (C=O) groups is 1. The Balaban J connectivity index is 1.98. The molecule has 2 aromatic carbocycles. The standard InChI is InChI=1S/C19H25N3O2/c1-4-14-5-7-15(8-6-14)18(13-23)21-19(24)20-16-9-11-17(12-10-16)22(2)3/h5-12,18,23H,4,13H2,1-3H3,(H2,20,21,24). The predicted octanol–water partition coefficient (Wildman–Crippen LogP) is 3.17. The molecule has 2 amide bonds. The van der Waals surface area contributed by atoms with Gasteiger partial charge in [-0.2, -0.15) is 0 Å². The fraction of sp³-hybridized carbons (Fsp3) is 0.316. The highest BCUT2D eigenvalue weighted by atomic mass is 16.3. The minimum atomic E-state index is -0.433. The highest BCUT2D eigenvalue weighted by Gasteiger charge is 2.13. The summed E-state index contributed by atoms with van der Waals surface area (Å²) in [6.07, 6.45) is 0.959. The quantitative estimate of drug-likeness (QED) is 0.763. The van der Waals surface area contributed by atoms with Gasteiger partial charge in [0, 0.05) is 25.5 Å². The van der Waals surface area contributed by atoms with E-state index in [4.69, 9.17) is 0 Å². The Hall–Kier alpha value is -2.53. The first-order valence-electron chi connectivity index (χ1n) is 8.08. The molecule has 5 nitrogen and oxygen atoms in total. The summed E-state index contributed by atoms with van der Waals surface area (Å²) < 4.78 is 0. The summed E-state index contributed by atoms with van der Waals surface area (Å²) in [7, 11) is 3.93. The Morgan fingerprint density at radius 2 is 1.71 bits per heavy atom. The minimum Gasteiger partial charge on any atom is -0.394 e. The van der Waals surface area contributed by atoms with E-state index in [2.05, 4.69) is 17.6 Å². The smallest absolute Gasteiger partial charge is 0.319 e. The molecular weight excluding hydrogens is 302 g/mol. The van der Waals surface area contributed by atoms with Gasteiger partial charge in [0.2, 0.25) is 0 Å². The lowest BCUT2D eigenvalue weighted by Gasteiger charge is -2.18. The van der Waals surface area contributed by atoms with Crippen LogP contribution in [0.2, 0.25) is 0 Å². The molecule has 1 atom stereocenters. The van der Waals surface area contributed by atoms with Crippen LogP contribution in [0.5, 0.6) is 0 Å². The molecule has 1 unspecified atom stereocenters. The van der Waals surface area contributed by atoms with Gasteiger partial charge in [-0.05, 0) is 41.8 Å². The molecule has 0 saturated heterocycles. The SMILES string of the molecule is CCc1ccc(C(CO)NC(=O)Nc2ccc(N(C)C)cc2)cc1. The zero-order valence-corrected chi connectivity index (χ0v) is 14.4. The summed E-state index contributed by atoms with van der Waals surface area (Å²) in [6, 6.07) is 14.7. The first-order valence-corrected chi connectivity index (χ1v) is 8.08. The zero-order valence-electron chi connectivity index (χ0n) is 14.4. The summed E-state index contributed by atoms with van der Waals surface area (Å²) in [5.41, 5.74) is 3.87. The van der Waals surface area contributed by atoms with Crippen molar-refractivity contribution in [1.29, 1.82) is 0 Å². The highest BCUT2D eigenvalue weighted by molar-refractivity contribution is 5.89. The van der Waals surface area contributed by atoms with E-state index in [1.54, 1.807) is 0 Å². The molecule has 2 rings (SSSR count). The topological polar surface area (TPSA) is 64.6 Å². The van der Waals surface area contributed by atoms with E-state index in [9.17, 15) is 9.90 Å². The third-order valence-electron chi connectivity index (χ3n) is 3.92. The number of amides is 2. The van der Waals surface area contributed by atoms with Crippen molar-refractivity contribution >= 4 is 17.4 Å². The first-order chi connectivity index (χ1) is 11.5.